The van der Waals surface area contributed by atoms with E-state index in [-0.39, 0.29) is 12.1 Å². The molecule has 1 aromatic rings. The highest BCUT2D eigenvalue weighted by molar-refractivity contribution is 14.1. The van der Waals surface area contributed by atoms with E-state index in [0.717, 1.165) is 34.2 Å². The van der Waals surface area contributed by atoms with Crippen molar-refractivity contribution in [1.82, 2.24) is 0 Å². The van der Waals surface area contributed by atoms with Gasteiger partial charge in [-0.3, -0.25) is 4.79 Å². The van der Waals surface area contributed by atoms with Crippen LogP contribution in [0.25, 0.3) is 3.58 Å². The largest absolute Gasteiger partial charge is 0.488 e. The van der Waals surface area contributed by atoms with Crippen LogP contribution >= 0.6 is 22.6 Å². The Kier molecular flexibility index (Phi) is 5.53. The molecule has 1 atom stereocenters. The molecule has 0 aliphatic carbocycles. The lowest BCUT2D eigenvalue weighted by Crippen LogP contribution is -2.35. The van der Waals surface area contributed by atoms with Gasteiger partial charge in [-0.2, -0.15) is 0 Å². The third kappa shape index (κ3) is 3.16. The normalized spacial score (nSPS) is 17.8. The van der Waals surface area contributed by atoms with Crippen molar-refractivity contribution in [3.05, 3.63) is 41.2 Å². The van der Waals surface area contributed by atoms with Crippen LogP contribution < -0.4 is 0 Å². The number of carbonyl (C=O) groups is 1. The summed E-state index contributed by atoms with van der Waals surface area (Å²) in [6.07, 6.45) is 2.77. The summed E-state index contributed by atoms with van der Waals surface area (Å²) in [7, 11) is 1.43. The molecule has 0 saturated carbocycles. The molecule has 0 radical (unpaired) electrons. The molecule has 1 aliphatic heterocycles. The smallest absolute Gasteiger partial charge is 0.315 e. The zero-order valence-corrected chi connectivity index (χ0v) is 15.8. The van der Waals surface area contributed by atoms with Gasteiger partial charge in [-0.1, -0.05) is 37.6 Å². The zero-order valence-electron chi connectivity index (χ0n) is 13.6. The van der Waals surface area contributed by atoms with Gasteiger partial charge in [0.1, 0.15) is 17.3 Å². The summed E-state index contributed by atoms with van der Waals surface area (Å²) < 4.78 is 12.4. The Morgan fingerprint density at radius 2 is 2.05 bits per heavy atom. The maximum Gasteiger partial charge on any atom is 0.315 e. The van der Waals surface area contributed by atoms with Crippen molar-refractivity contribution in [2.75, 3.05) is 7.11 Å². The van der Waals surface area contributed by atoms with Crippen molar-refractivity contribution < 1.29 is 14.3 Å². The fourth-order valence-electron chi connectivity index (χ4n) is 2.75. The van der Waals surface area contributed by atoms with E-state index in [0.29, 0.717) is 0 Å². The molecule has 0 bridgehead atoms. The fourth-order valence-corrected chi connectivity index (χ4v) is 3.63. The summed E-state index contributed by atoms with van der Waals surface area (Å²) in [6.45, 7) is 5.94. The molecule has 4 heteroatoms. The Morgan fingerprint density at radius 3 is 2.68 bits per heavy atom. The Labute approximate surface area is 146 Å². The van der Waals surface area contributed by atoms with Crippen molar-refractivity contribution in [1.29, 1.82) is 0 Å². The van der Waals surface area contributed by atoms with Crippen molar-refractivity contribution in [2.24, 2.45) is 5.41 Å². The van der Waals surface area contributed by atoms with Crippen LogP contribution in [0.15, 0.2) is 30.0 Å². The molecule has 0 saturated heterocycles. The standard InChI is InChI=1S/C18H23IO3/c1-5-6-11-14-15(19)12-9-7-8-10-13(12)16(22-14)18(2,3)17(20)21-4/h7-10,16H,5-6,11H2,1-4H3. The first kappa shape index (κ1) is 17.3. The van der Waals surface area contributed by atoms with E-state index in [1.165, 1.54) is 12.7 Å². The number of halogens is 1. The number of fused-ring (bicyclic) bond motifs is 1. The number of allylic oxidation sites excluding steroid dienone is 1. The molecule has 3 nitrogen and oxygen atoms in total. The quantitative estimate of drug-likeness (QED) is 0.488. The van der Waals surface area contributed by atoms with Crippen LogP contribution in [-0.2, 0) is 14.3 Å². The average molecular weight is 414 g/mol. The number of benzene rings is 1. The lowest BCUT2D eigenvalue weighted by atomic mass is 9.79. The monoisotopic (exact) mass is 414 g/mol. The van der Waals surface area contributed by atoms with Gasteiger partial charge in [-0.05, 0) is 48.4 Å². The molecule has 0 amide bonds. The first-order valence-corrected chi connectivity index (χ1v) is 8.74. The predicted molar refractivity (Wildman–Crippen MR) is 96.5 cm³/mol. The zero-order chi connectivity index (χ0) is 16.3. The van der Waals surface area contributed by atoms with Crippen LogP contribution in [0.2, 0.25) is 0 Å². The van der Waals surface area contributed by atoms with E-state index in [4.69, 9.17) is 9.47 Å². The second-order valence-corrected chi connectivity index (χ2v) is 7.22. The number of unbranched alkanes of at least 4 members (excludes halogenated alkanes) is 1. The maximum atomic E-state index is 12.2. The summed E-state index contributed by atoms with van der Waals surface area (Å²) in [5.41, 5.74) is 1.49. The summed E-state index contributed by atoms with van der Waals surface area (Å²) in [4.78, 5) is 12.2. The molecule has 0 spiro atoms. The predicted octanol–water partition coefficient (Wildman–Crippen LogP) is 5.25. The molecule has 1 heterocycles. The van der Waals surface area contributed by atoms with Crippen LogP contribution in [0, 0.1) is 5.41 Å². The topological polar surface area (TPSA) is 35.5 Å². The van der Waals surface area contributed by atoms with Gasteiger partial charge < -0.3 is 9.47 Å². The minimum absolute atomic E-state index is 0.251. The summed E-state index contributed by atoms with van der Waals surface area (Å²) in [6, 6.07) is 8.16. The van der Waals surface area contributed by atoms with Crippen LogP contribution in [0.4, 0.5) is 0 Å². The van der Waals surface area contributed by atoms with Crippen LogP contribution in [0.1, 0.15) is 57.3 Å². The van der Waals surface area contributed by atoms with Crippen molar-refractivity contribution in [3.63, 3.8) is 0 Å². The lowest BCUT2D eigenvalue weighted by molar-refractivity contribution is -0.159. The first-order chi connectivity index (χ1) is 10.4. The van der Waals surface area contributed by atoms with E-state index in [9.17, 15) is 4.79 Å². The van der Waals surface area contributed by atoms with Crippen molar-refractivity contribution in [3.8, 4) is 0 Å². The Bertz CT molecular complexity index is 590. The highest BCUT2D eigenvalue weighted by Crippen LogP contribution is 2.48. The van der Waals surface area contributed by atoms with Crippen LogP contribution in [0.3, 0.4) is 0 Å². The molecule has 0 aromatic heterocycles. The van der Waals surface area contributed by atoms with Crippen LogP contribution in [0.5, 0.6) is 0 Å². The van der Waals surface area contributed by atoms with Gasteiger partial charge in [-0.15, -0.1) is 0 Å². The second-order valence-electron chi connectivity index (χ2n) is 6.14. The minimum atomic E-state index is -0.736. The van der Waals surface area contributed by atoms with E-state index < -0.39 is 5.41 Å². The number of hydrogen-bond donors (Lipinski definition) is 0. The Hall–Kier alpha value is -1.04. The molecule has 2 rings (SSSR count). The summed E-state index contributed by atoms with van der Waals surface area (Å²) in [5.74, 6) is 0.738. The molecule has 0 N–H and O–H groups in total. The molecular formula is C18H23IO3. The number of esters is 1. The number of rotatable bonds is 5. The van der Waals surface area contributed by atoms with Crippen molar-refractivity contribution >= 4 is 32.1 Å². The molecule has 1 unspecified atom stereocenters. The number of carbonyl (C=O) groups excluding carboxylic acids is 1. The minimum Gasteiger partial charge on any atom is -0.488 e. The van der Waals surface area contributed by atoms with E-state index in [1.54, 1.807) is 0 Å². The SMILES string of the molecule is CCCCC1=C(I)c2ccccc2C(C(C)(C)C(=O)OC)O1. The molecular weight excluding hydrogens is 391 g/mol. The highest BCUT2D eigenvalue weighted by atomic mass is 127. The average Bonchev–Trinajstić information content (AvgIpc) is 2.53. The fraction of sp³-hybridized carbons (Fsp3) is 0.500. The third-order valence-corrected chi connectivity index (χ3v) is 5.29. The Morgan fingerprint density at radius 1 is 1.36 bits per heavy atom. The van der Waals surface area contributed by atoms with E-state index >= 15 is 0 Å². The molecule has 0 fully saturated rings. The van der Waals surface area contributed by atoms with Crippen molar-refractivity contribution in [2.45, 2.75) is 46.1 Å². The summed E-state index contributed by atoms with van der Waals surface area (Å²) in [5, 5.41) is 0. The first-order valence-electron chi connectivity index (χ1n) is 7.66. The number of ether oxygens (including phenoxy) is 2. The van der Waals surface area contributed by atoms with Gasteiger partial charge in [0.15, 0.2) is 0 Å². The van der Waals surface area contributed by atoms with E-state index in [2.05, 4.69) is 35.6 Å². The maximum absolute atomic E-state index is 12.2. The molecule has 1 aromatic carbocycles. The lowest BCUT2D eigenvalue weighted by Gasteiger charge is -2.37. The van der Waals surface area contributed by atoms with Gasteiger partial charge in [0.25, 0.3) is 0 Å². The van der Waals surface area contributed by atoms with Gasteiger partial charge in [0, 0.05) is 12.0 Å². The summed E-state index contributed by atoms with van der Waals surface area (Å²) >= 11 is 2.35. The molecule has 120 valence electrons. The third-order valence-electron chi connectivity index (χ3n) is 4.11. The van der Waals surface area contributed by atoms with Gasteiger partial charge >= 0.3 is 5.97 Å². The molecule has 22 heavy (non-hydrogen) atoms. The second kappa shape index (κ2) is 7.02. The van der Waals surface area contributed by atoms with Gasteiger partial charge in [0.2, 0.25) is 0 Å². The van der Waals surface area contributed by atoms with Crippen LogP contribution in [-0.4, -0.2) is 13.1 Å². The number of hydrogen-bond acceptors (Lipinski definition) is 3. The number of methoxy groups -OCH3 is 1. The van der Waals surface area contributed by atoms with E-state index in [1.807, 2.05) is 32.0 Å². The van der Waals surface area contributed by atoms with Gasteiger partial charge in [-0.25, -0.2) is 0 Å². The Balaban J connectivity index is 2.48. The molecule has 1 aliphatic rings. The highest BCUT2D eigenvalue weighted by Gasteiger charge is 2.44. The van der Waals surface area contributed by atoms with Gasteiger partial charge in [0.05, 0.1) is 10.7 Å².